The van der Waals surface area contributed by atoms with Gasteiger partial charge in [-0.2, -0.15) is 0 Å². The highest BCUT2D eigenvalue weighted by Crippen LogP contribution is 2.21. The first-order valence-corrected chi connectivity index (χ1v) is 7.52. The third-order valence-corrected chi connectivity index (χ3v) is 4.40. The Bertz CT molecular complexity index is 506. The van der Waals surface area contributed by atoms with Crippen molar-refractivity contribution in [2.45, 2.75) is 31.8 Å². The molecule has 3 fully saturated rings. The molecule has 0 spiro atoms. The molecular formula is C15H21N3O3. The van der Waals surface area contributed by atoms with Crippen LogP contribution >= 0.6 is 0 Å². The summed E-state index contributed by atoms with van der Waals surface area (Å²) < 4.78 is 5.05. The van der Waals surface area contributed by atoms with Gasteiger partial charge in [0, 0.05) is 32.2 Å². The van der Waals surface area contributed by atoms with E-state index in [0.717, 1.165) is 39.0 Å². The number of carbonyl (C=O) groups excluding carboxylic acids is 2. The maximum absolute atomic E-state index is 12.6. The van der Waals surface area contributed by atoms with Crippen molar-refractivity contribution in [2.24, 2.45) is 0 Å². The largest absolute Gasteiger partial charge is 0.459 e. The molecule has 1 aromatic heterocycles. The zero-order valence-electron chi connectivity index (χ0n) is 12.2. The summed E-state index contributed by atoms with van der Waals surface area (Å²) in [5.41, 5.74) is 0. The lowest BCUT2D eigenvalue weighted by Crippen LogP contribution is -2.51. The van der Waals surface area contributed by atoms with E-state index in [0.29, 0.717) is 6.04 Å². The monoisotopic (exact) mass is 291 g/mol. The van der Waals surface area contributed by atoms with Crippen molar-refractivity contribution < 1.29 is 14.0 Å². The second-order valence-electron chi connectivity index (χ2n) is 5.78. The molecule has 6 nitrogen and oxygen atoms in total. The first-order chi connectivity index (χ1) is 10.1. The smallest absolute Gasteiger partial charge is 0.287 e. The van der Waals surface area contributed by atoms with Crippen LogP contribution in [0.25, 0.3) is 0 Å². The van der Waals surface area contributed by atoms with Crippen LogP contribution in [0.1, 0.15) is 30.3 Å². The summed E-state index contributed by atoms with van der Waals surface area (Å²) in [6.07, 6.45) is 3.51. The average molecular weight is 291 g/mol. The van der Waals surface area contributed by atoms with Crippen molar-refractivity contribution in [3.8, 4) is 0 Å². The lowest BCUT2D eigenvalue weighted by molar-refractivity contribution is -0.134. The standard InChI is InChI=1S/C15H21N3O3/c1-11(16-14(19)13-3-2-10-21-13)15(20)18-9-8-17-6-4-12(18)5-7-17/h2-3,10-12H,4-9H2,1H3,(H,16,19)/t11-/m0/s1. The van der Waals surface area contributed by atoms with Gasteiger partial charge in [-0.1, -0.05) is 0 Å². The van der Waals surface area contributed by atoms with Crippen molar-refractivity contribution in [3.63, 3.8) is 0 Å². The second kappa shape index (κ2) is 5.89. The lowest BCUT2D eigenvalue weighted by atomic mass is 10.0. The van der Waals surface area contributed by atoms with Gasteiger partial charge in [-0.3, -0.25) is 9.59 Å². The number of carbonyl (C=O) groups is 2. The molecular weight excluding hydrogens is 270 g/mol. The zero-order chi connectivity index (χ0) is 14.8. The highest BCUT2D eigenvalue weighted by Gasteiger charge is 2.34. The fourth-order valence-corrected chi connectivity index (χ4v) is 3.16. The van der Waals surface area contributed by atoms with E-state index in [2.05, 4.69) is 10.2 Å². The Labute approximate surface area is 124 Å². The number of nitrogens with zero attached hydrogens (tertiary/aromatic N) is 2. The Balaban J connectivity index is 1.62. The third-order valence-electron chi connectivity index (χ3n) is 4.40. The molecule has 3 aliphatic rings. The summed E-state index contributed by atoms with van der Waals surface area (Å²) in [4.78, 5) is 28.9. The van der Waals surface area contributed by atoms with Crippen molar-refractivity contribution in [1.82, 2.24) is 15.1 Å². The summed E-state index contributed by atoms with van der Waals surface area (Å²) in [6, 6.07) is 3.03. The van der Waals surface area contributed by atoms with Crippen LogP contribution in [0, 0.1) is 0 Å². The van der Waals surface area contributed by atoms with Gasteiger partial charge < -0.3 is 19.5 Å². The van der Waals surface area contributed by atoms with Crippen LogP contribution in [-0.4, -0.2) is 59.9 Å². The predicted molar refractivity (Wildman–Crippen MR) is 76.8 cm³/mol. The van der Waals surface area contributed by atoms with E-state index in [1.807, 2.05) is 4.90 Å². The molecule has 0 aromatic carbocycles. The Morgan fingerprint density at radius 2 is 2.05 bits per heavy atom. The minimum absolute atomic E-state index is 0.00339. The molecule has 21 heavy (non-hydrogen) atoms. The lowest BCUT2D eigenvalue weighted by Gasteiger charge is -2.33. The highest BCUT2D eigenvalue weighted by atomic mass is 16.3. The zero-order valence-corrected chi connectivity index (χ0v) is 12.2. The number of furan rings is 1. The molecule has 2 amide bonds. The molecule has 114 valence electrons. The van der Waals surface area contributed by atoms with Crippen LogP contribution < -0.4 is 5.32 Å². The van der Waals surface area contributed by atoms with Gasteiger partial charge in [0.1, 0.15) is 6.04 Å². The first-order valence-electron chi connectivity index (χ1n) is 7.52. The summed E-state index contributed by atoms with van der Waals surface area (Å²) in [6.45, 7) is 5.56. The van der Waals surface area contributed by atoms with E-state index in [9.17, 15) is 9.59 Å². The molecule has 3 aliphatic heterocycles. The van der Waals surface area contributed by atoms with Gasteiger partial charge in [0.05, 0.1) is 6.26 Å². The molecule has 2 bridgehead atoms. The third kappa shape index (κ3) is 2.95. The highest BCUT2D eigenvalue weighted by molar-refractivity contribution is 5.95. The molecule has 0 aliphatic carbocycles. The number of fused-ring (bicyclic) bond motifs is 4. The van der Waals surface area contributed by atoms with Crippen molar-refractivity contribution >= 4 is 11.8 Å². The first kappa shape index (κ1) is 14.1. The fraction of sp³-hybridized carbons (Fsp3) is 0.600. The molecule has 4 heterocycles. The Morgan fingerprint density at radius 3 is 2.71 bits per heavy atom. The molecule has 1 N–H and O–H groups in total. The van der Waals surface area contributed by atoms with Crippen LogP contribution in [0.3, 0.4) is 0 Å². The van der Waals surface area contributed by atoms with Crippen molar-refractivity contribution in [1.29, 1.82) is 0 Å². The summed E-state index contributed by atoms with van der Waals surface area (Å²) >= 11 is 0. The minimum Gasteiger partial charge on any atom is -0.459 e. The second-order valence-corrected chi connectivity index (χ2v) is 5.78. The Hall–Kier alpha value is -1.82. The van der Waals surface area contributed by atoms with E-state index >= 15 is 0 Å². The van der Waals surface area contributed by atoms with Gasteiger partial charge in [0.25, 0.3) is 5.91 Å². The van der Waals surface area contributed by atoms with Gasteiger partial charge in [-0.15, -0.1) is 0 Å². The molecule has 0 radical (unpaired) electrons. The van der Waals surface area contributed by atoms with Crippen LogP contribution in [0.15, 0.2) is 22.8 Å². The maximum Gasteiger partial charge on any atom is 0.287 e. The van der Waals surface area contributed by atoms with Crippen molar-refractivity contribution in [3.05, 3.63) is 24.2 Å². The molecule has 1 aromatic rings. The molecule has 4 rings (SSSR count). The number of hydrogen-bond donors (Lipinski definition) is 1. The minimum atomic E-state index is -0.533. The van der Waals surface area contributed by atoms with Crippen LogP contribution in [0.2, 0.25) is 0 Å². The number of hydrogen-bond acceptors (Lipinski definition) is 4. The van der Waals surface area contributed by atoms with Gasteiger partial charge in [-0.25, -0.2) is 0 Å². The normalized spacial score (nSPS) is 26.2. The van der Waals surface area contributed by atoms with E-state index in [1.165, 1.54) is 6.26 Å². The number of piperidine rings is 1. The molecule has 0 unspecified atom stereocenters. The average Bonchev–Trinajstić information content (AvgIpc) is 2.88. The summed E-state index contributed by atoms with van der Waals surface area (Å²) in [5, 5.41) is 2.72. The molecule has 0 saturated carbocycles. The van der Waals surface area contributed by atoms with E-state index in [1.54, 1.807) is 19.1 Å². The topological polar surface area (TPSA) is 65.8 Å². The van der Waals surface area contributed by atoms with Crippen molar-refractivity contribution in [2.75, 3.05) is 26.2 Å². The van der Waals surface area contributed by atoms with E-state index in [-0.39, 0.29) is 17.6 Å². The van der Waals surface area contributed by atoms with E-state index < -0.39 is 6.04 Å². The number of rotatable bonds is 3. The Morgan fingerprint density at radius 1 is 1.29 bits per heavy atom. The van der Waals surface area contributed by atoms with E-state index in [4.69, 9.17) is 4.42 Å². The van der Waals surface area contributed by atoms with Crippen LogP contribution in [0.5, 0.6) is 0 Å². The Kier molecular flexibility index (Phi) is 3.96. The maximum atomic E-state index is 12.6. The predicted octanol–water partition coefficient (Wildman–Crippen LogP) is 0.704. The number of nitrogens with one attached hydrogen (secondary N) is 1. The fourth-order valence-electron chi connectivity index (χ4n) is 3.16. The van der Waals surface area contributed by atoms with Crippen LogP contribution in [0.4, 0.5) is 0 Å². The molecule has 1 atom stereocenters. The number of amides is 2. The van der Waals surface area contributed by atoms with Crippen LogP contribution in [-0.2, 0) is 4.79 Å². The summed E-state index contributed by atoms with van der Waals surface area (Å²) in [5.74, 6) is -0.107. The van der Waals surface area contributed by atoms with Gasteiger partial charge in [0.15, 0.2) is 5.76 Å². The van der Waals surface area contributed by atoms with Gasteiger partial charge in [-0.05, 0) is 31.9 Å². The molecule has 3 saturated heterocycles. The van der Waals surface area contributed by atoms with Gasteiger partial charge >= 0.3 is 0 Å². The summed E-state index contributed by atoms with van der Waals surface area (Å²) in [7, 11) is 0. The quantitative estimate of drug-likeness (QED) is 0.890. The SMILES string of the molecule is C[C@H](NC(=O)c1ccco1)C(=O)N1CCN2CCC1CC2. The molecule has 6 heteroatoms. The van der Waals surface area contributed by atoms with Gasteiger partial charge in [0.2, 0.25) is 5.91 Å².